The number of carbonyl (C=O) groups is 2. The molecule has 0 aliphatic carbocycles. The largest absolute Gasteiger partial charge is 0.399 e. The third-order valence-corrected chi connectivity index (χ3v) is 3.78. The molecule has 26 heavy (non-hydrogen) atoms. The molecule has 0 aliphatic heterocycles. The van der Waals surface area contributed by atoms with Crippen LogP contribution in [0.1, 0.15) is 36.2 Å². The number of hydrogen-bond donors (Lipinski definition) is 3. The van der Waals surface area contributed by atoms with Gasteiger partial charge >= 0.3 is 0 Å². The molecule has 138 valence electrons. The summed E-state index contributed by atoms with van der Waals surface area (Å²) in [6, 6.07) is 11.4. The van der Waals surface area contributed by atoms with Gasteiger partial charge in [0.25, 0.3) is 5.91 Å². The number of nitrogen functional groups attached to an aromatic ring is 1. The van der Waals surface area contributed by atoms with Crippen LogP contribution in [0.5, 0.6) is 0 Å². The summed E-state index contributed by atoms with van der Waals surface area (Å²) in [5.74, 6) is -1.06. The van der Waals surface area contributed by atoms with Gasteiger partial charge in [0.1, 0.15) is 5.82 Å². The van der Waals surface area contributed by atoms with Crippen molar-refractivity contribution in [3.05, 3.63) is 59.4 Å². The highest BCUT2D eigenvalue weighted by Gasteiger charge is 2.12. The maximum Gasteiger partial charge on any atom is 0.251 e. The Hall–Kier alpha value is -2.89. The average Bonchev–Trinajstić information content (AvgIpc) is 2.57. The van der Waals surface area contributed by atoms with E-state index in [2.05, 4.69) is 10.6 Å². The number of benzene rings is 2. The topological polar surface area (TPSA) is 84.2 Å². The zero-order valence-corrected chi connectivity index (χ0v) is 15.0. The number of halogens is 1. The van der Waals surface area contributed by atoms with Crippen molar-refractivity contribution in [1.29, 1.82) is 0 Å². The van der Waals surface area contributed by atoms with E-state index in [1.54, 1.807) is 12.1 Å². The number of rotatable bonds is 7. The first-order chi connectivity index (χ1) is 12.3. The first-order valence-electron chi connectivity index (χ1n) is 8.57. The Morgan fingerprint density at radius 1 is 1.12 bits per heavy atom. The highest BCUT2D eigenvalue weighted by molar-refractivity contribution is 5.96. The van der Waals surface area contributed by atoms with Gasteiger partial charge in [0, 0.05) is 24.2 Å². The van der Waals surface area contributed by atoms with Gasteiger partial charge in [0.15, 0.2) is 0 Å². The van der Waals surface area contributed by atoms with Crippen molar-refractivity contribution in [2.45, 2.75) is 26.7 Å². The zero-order valence-electron chi connectivity index (χ0n) is 15.0. The number of amides is 2. The molecular weight excluding hydrogens is 333 g/mol. The second-order valence-corrected chi connectivity index (χ2v) is 6.59. The molecule has 4 N–H and O–H groups in total. The van der Waals surface area contributed by atoms with Crippen molar-refractivity contribution in [3.8, 4) is 0 Å². The van der Waals surface area contributed by atoms with Crippen LogP contribution in [0.25, 0.3) is 0 Å². The fourth-order valence-corrected chi connectivity index (χ4v) is 2.44. The molecule has 0 unspecified atom stereocenters. The van der Waals surface area contributed by atoms with Crippen molar-refractivity contribution in [1.82, 2.24) is 5.32 Å². The van der Waals surface area contributed by atoms with Crippen LogP contribution in [0.2, 0.25) is 0 Å². The molecule has 0 radical (unpaired) electrons. The third-order valence-electron chi connectivity index (χ3n) is 3.78. The van der Waals surface area contributed by atoms with E-state index in [0.29, 0.717) is 25.1 Å². The number of anilines is 2. The molecule has 0 saturated heterocycles. The smallest absolute Gasteiger partial charge is 0.251 e. The molecule has 6 heteroatoms. The van der Waals surface area contributed by atoms with Gasteiger partial charge in [-0.25, -0.2) is 4.39 Å². The first kappa shape index (κ1) is 19.4. The molecule has 5 nitrogen and oxygen atoms in total. The molecule has 0 aromatic heterocycles. The van der Waals surface area contributed by atoms with E-state index in [1.807, 2.05) is 26.0 Å². The molecule has 0 heterocycles. The van der Waals surface area contributed by atoms with Crippen LogP contribution < -0.4 is 16.4 Å². The zero-order chi connectivity index (χ0) is 19.1. The molecule has 0 bridgehead atoms. The lowest BCUT2D eigenvalue weighted by atomic mass is 10.1. The van der Waals surface area contributed by atoms with Crippen molar-refractivity contribution in [3.63, 3.8) is 0 Å². The van der Waals surface area contributed by atoms with E-state index in [0.717, 1.165) is 11.6 Å². The molecule has 2 amide bonds. The lowest BCUT2D eigenvalue weighted by molar-refractivity contribution is -0.116. The summed E-state index contributed by atoms with van der Waals surface area (Å²) in [6.45, 7) is 4.25. The summed E-state index contributed by atoms with van der Waals surface area (Å²) < 4.78 is 14.1. The van der Waals surface area contributed by atoms with Crippen LogP contribution in [-0.4, -0.2) is 18.4 Å². The molecule has 2 aromatic rings. The number of hydrogen-bond acceptors (Lipinski definition) is 3. The molecule has 0 fully saturated rings. The minimum atomic E-state index is -0.631. The standard InChI is InChI=1S/C20H24FN3O2/c1-13(2)11-19(25)24-18-8-5-15(12-17(18)21)20(26)23-10-9-14-3-6-16(22)7-4-14/h3-8,12-13H,9-11,22H2,1-2H3,(H,23,26)(H,24,25). The predicted octanol–water partition coefficient (Wildman–Crippen LogP) is 3.37. The minimum Gasteiger partial charge on any atom is -0.399 e. The number of nitrogens with two attached hydrogens (primary N) is 1. The summed E-state index contributed by atoms with van der Waals surface area (Å²) in [6.07, 6.45) is 0.963. The molecule has 0 aliphatic rings. The lowest BCUT2D eigenvalue weighted by Gasteiger charge is -2.10. The predicted molar refractivity (Wildman–Crippen MR) is 101 cm³/mol. The summed E-state index contributed by atoms with van der Waals surface area (Å²) in [4.78, 5) is 23.9. The van der Waals surface area contributed by atoms with Crippen LogP contribution in [0.3, 0.4) is 0 Å². The third kappa shape index (κ3) is 5.88. The van der Waals surface area contributed by atoms with Crippen LogP contribution in [0.15, 0.2) is 42.5 Å². The summed E-state index contributed by atoms with van der Waals surface area (Å²) >= 11 is 0. The van der Waals surface area contributed by atoms with Gasteiger partial charge in [-0.05, 0) is 48.2 Å². The highest BCUT2D eigenvalue weighted by atomic mass is 19.1. The van der Waals surface area contributed by atoms with Crippen LogP contribution in [-0.2, 0) is 11.2 Å². The van der Waals surface area contributed by atoms with E-state index in [1.165, 1.54) is 12.1 Å². The maximum atomic E-state index is 14.1. The Labute approximate surface area is 152 Å². The molecular formula is C20H24FN3O2. The molecule has 2 aromatic carbocycles. The first-order valence-corrected chi connectivity index (χ1v) is 8.57. The normalized spacial score (nSPS) is 10.6. The lowest BCUT2D eigenvalue weighted by Crippen LogP contribution is -2.26. The van der Waals surface area contributed by atoms with Crippen molar-refractivity contribution >= 4 is 23.2 Å². The Balaban J connectivity index is 1.89. The van der Waals surface area contributed by atoms with Crippen molar-refractivity contribution < 1.29 is 14.0 Å². The van der Waals surface area contributed by atoms with E-state index >= 15 is 0 Å². The van der Waals surface area contributed by atoms with Gasteiger partial charge in [-0.2, -0.15) is 0 Å². The van der Waals surface area contributed by atoms with Gasteiger partial charge in [-0.15, -0.1) is 0 Å². The average molecular weight is 357 g/mol. The Morgan fingerprint density at radius 3 is 2.42 bits per heavy atom. The minimum absolute atomic E-state index is 0.0778. The van der Waals surface area contributed by atoms with Crippen LogP contribution in [0, 0.1) is 11.7 Å². The van der Waals surface area contributed by atoms with Gasteiger partial charge in [0.2, 0.25) is 5.91 Å². The van der Waals surface area contributed by atoms with Crippen molar-refractivity contribution in [2.24, 2.45) is 5.92 Å². The highest BCUT2D eigenvalue weighted by Crippen LogP contribution is 2.17. The second-order valence-electron chi connectivity index (χ2n) is 6.59. The van der Waals surface area contributed by atoms with E-state index in [-0.39, 0.29) is 29.0 Å². The maximum absolute atomic E-state index is 14.1. The van der Waals surface area contributed by atoms with Crippen molar-refractivity contribution in [2.75, 3.05) is 17.6 Å². The number of carbonyl (C=O) groups excluding carboxylic acids is 2. The Morgan fingerprint density at radius 2 is 1.81 bits per heavy atom. The van der Waals surface area contributed by atoms with E-state index in [4.69, 9.17) is 5.73 Å². The SMILES string of the molecule is CC(C)CC(=O)Nc1ccc(C(=O)NCCc2ccc(N)cc2)cc1F. The monoisotopic (exact) mass is 357 g/mol. The molecule has 2 rings (SSSR count). The van der Waals surface area contributed by atoms with E-state index in [9.17, 15) is 14.0 Å². The Bertz CT molecular complexity index is 773. The summed E-state index contributed by atoms with van der Waals surface area (Å²) in [7, 11) is 0. The molecule has 0 atom stereocenters. The molecule has 0 saturated carbocycles. The van der Waals surface area contributed by atoms with E-state index < -0.39 is 5.82 Å². The van der Waals surface area contributed by atoms with Gasteiger partial charge in [-0.1, -0.05) is 26.0 Å². The summed E-state index contributed by atoms with van der Waals surface area (Å²) in [5, 5.41) is 5.27. The fourth-order valence-electron chi connectivity index (χ4n) is 2.44. The number of nitrogens with one attached hydrogen (secondary N) is 2. The Kier molecular flexibility index (Phi) is 6.72. The van der Waals surface area contributed by atoms with Crippen LogP contribution in [0.4, 0.5) is 15.8 Å². The summed E-state index contributed by atoms with van der Waals surface area (Å²) in [5.41, 5.74) is 7.65. The quantitative estimate of drug-likeness (QED) is 0.664. The fraction of sp³-hybridized carbons (Fsp3) is 0.300. The second kappa shape index (κ2) is 8.99. The van der Waals surface area contributed by atoms with Gasteiger partial charge in [-0.3, -0.25) is 9.59 Å². The molecule has 0 spiro atoms. The van der Waals surface area contributed by atoms with Gasteiger partial charge < -0.3 is 16.4 Å². The van der Waals surface area contributed by atoms with Crippen LogP contribution >= 0.6 is 0 Å². The van der Waals surface area contributed by atoms with Gasteiger partial charge in [0.05, 0.1) is 5.69 Å².